The number of hydrogen-bond acceptors (Lipinski definition) is 0. The van der Waals surface area contributed by atoms with Gasteiger partial charge in [-0.05, 0) is 137 Å². The van der Waals surface area contributed by atoms with Crippen LogP contribution >= 0.6 is 0 Å². The Kier molecular flexibility index (Phi) is 5.83. The summed E-state index contributed by atoms with van der Waals surface area (Å²) in [6, 6.07) is 37.4. The molecule has 0 saturated heterocycles. The van der Waals surface area contributed by atoms with Gasteiger partial charge in [0.2, 0.25) is 0 Å². The molecule has 208 valence electrons. The van der Waals surface area contributed by atoms with Gasteiger partial charge in [0.25, 0.3) is 0 Å². The lowest BCUT2D eigenvalue weighted by atomic mass is 9.83. The molecule has 0 unspecified atom stereocenters. The van der Waals surface area contributed by atoms with E-state index in [0.29, 0.717) is 0 Å². The van der Waals surface area contributed by atoms with Gasteiger partial charge in [-0.1, -0.05) is 114 Å². The summed E-state index contributed by atoms with van der Waals surface area (Å²) in [5, 5.41) is 10.8. The molecular weight excluding hydrogens is 504 g/mol. The molecule has 0 nitrogen and oxygen atoms in total. The molecule has 0 bridgehead atoms. The van der Waals surface area contributed by atoms with Gasteiger partial charge in [-0.25, -0.2) is 0 Å². The Labute approximate surface area is 250 Å². The Morgan fingerprint density at radius 3 is 1.00 bits per heavy atom. The molecule has 0 atom stereocenters. The SMILES string of the molecule is Cc1ccc2c3ccc(C)c4cc(-c5ccc(C(C)(C)C)cc5)cc(c5cc(-c6ccc(C(C)(C)C)cc6)cc1c25)c43. The van der Waals surface area contributed by atoms with Crippen LogP contribution in [0.4, 0.5) is 0 Å². The first kappa shape index (κ1) is 26.7. The van der Waals surface area contributed by atoms with E-state index >= 15 is 0 Å². The highest BCUT2D eigenvalue weighted by Gasteiger charge is 2.19. The van der Waals surface area contributed by atoms with Crippen molar-refractivity contribution in [2.45, 2.75) is 66.2 Å². The quantitative estimate of drug-likeness (QED) is 0.150. The second kappa shape index (κ2) is 9.17. The largest absolute Gasteiger partial charge is 0.0581 e. The number of rotatable bonds is 2. The summed E-state index contributed by atoms with van der Waals surface area (Å²) in [6.45, 7) is 18.2. The van der Waals surface area contributed by atoms with Crippen LogP contribution in [0, 0.1) is 13.8 Å². The molecule has 42 heavy (non-hydrogen) atoms. The Morgan fingerprint density at radius 1 is 0.333 bits per heavy atom. The van der Waals surface area contributed by atoms with Crippen molar-refractivity contribution in [2.24, 2.45) is 0 Å². The normalized spacial score (nSPS) is 12.8. The zero-order valence-corrected chi connectivity index (χ0v) is 26.2. The van der Waals surface area contributed by atoms with Gasteiger partial charge in [0.1, 0.15) is 0 Å². The van der Waals surface area contributed by atoms with E-state index in [-0.39, 0.29) is 10.8 Å². The van der Waals surface area contributed by atoms with Crippen molar-refractivity contribution in [3.8, 4) is 22.3 Å². The van der Waals surface area contributed by atoms with Gasteiger partial charge in [-0.2, -0.15) is 0 Å². The predicted octanol–water partition coefficient (Wildman–Crippen LogP) is 12.3. The van der Waals surface area contributed by atoms with Crippen molar-refractivity contribution in [2.75, 3.05) is 0 Å². The van der Waals surface area contributed by atoms with E-state index in [9.17, 15) is 0 Å². The lowest BCUT2D eigenvalue weighted by Crippen LogP contribution is -2.10. The molecule has 0 spiro atoms. The minimum Gasteiger partial charge on any atom is -0.0581 e. The lowest BCUT2D eigenvalue weighted by molar-refractivity contribution is 0.590. The minimum absolute atomic E-state index is 0.137. The highest BCUT2D eigenvalue weighted by Crippen LogP contribution is 2.45. The maximum Gasteiger partial charge on any atom is -0.00233 e. The van der Waals surface area contributed by atoms with Crippen molar-refractivity contribution >= 4 is 43.1 Å². The third-order valence-corrected chi connectivity index (χ3v) is 9.41. The summed E-state index contributed by atoms with van der Waals surface area (Å²) in [4.78, 5) is 0. The molecular formula is C42H40. The van der Waals surface area contributed by atoms with E-state index in [1.807, 2.05) is 0 Å². The molecule has 7 rings (SSSR count). The van der Waals surface area contributed by atoms with Crippen molar-refractivity contribution in [1.29, 1.82) is 0 Å². The van der Waals surface area contributed by atoms with Gasteiger partial charge >= 0.3 is 0 Å². The van der Waals surface area contributed by atoms with E-state index < -0.39 is 0 Å². The summed E-state index contributed by atoms with van der Waals surface area (Å²) >= 11 is 0. The van der Waals surface area contributed by atoms with Crippen molar-refractivity contribution in [1.82, 2.24) is 0 Å². The zero-order chi connectivity index (χ0) is 29.6. The molecule has 0 aromatic heterocycles. The van der Waals surface area contributed by atoms with Crippen molar-refractivity contribution in [3.63, 3.8) is 0 Å². The van der Waals surface area contributed by atoms with Crippen LogP contribution in [0.1, 0.15) is 63.8 Å². The highest BCUT2D eigenvalue weighted by atomic mass is 14.2. The third-order valence-electron chi connectivity index (χ3n) is 9.41. The molecule has 0 aliphatic carbocycles. The monoisotopic (exact) mass is 544 g/mol. The van der Waals surface area contributed by atoms with E-state index in [4.69, 9.17) is 0 Å². The summed E-state index contributed by atoms with van der Waals surface area (Å²) in [5.74, 6) is 0. The molecule has 0 fully saturated rings. The van der Waals surface area contributed by atoms with Crippen LogP contribution in [0.5, 0.6) is 0 Å². The number of fused-ring (bicyclic) bond motifs is 2. The lowest BCUT2D eigenvalue weighted by Gasteiger charge is -2.21. The fraction of sp³-hybridized carbons (Fsp3) is 0.238. The topological polar surface area (TPSA) is 0 Å². The van der Waals surface area contributed by atoms with Crippen molar-refractivity contribution < 1.29 is 0 Å². The molecule has 7 aromatic carbocycles. The second-order valence-electron chi connectivity index (χ2n) is 14.4. The van der Waals surface area contributed by atoms with Crippen LogP contribution in [-0.2, 0) is 10.8 Å². The van der Waals surface area contributed by atoms with Gasteiger partial charge in [0.05, 0.1) is 0 Å². The summed E-state index contributed by atoms with van der Waals surface area (Å²) in [7, 11) is 0. The van der Waals surface area contributed by atoms with Crippen LogP contribution in [0.25, 0.3) is 65.3 Å². The molecule has 0 amide bonds. The molecule has 0 aliphatic heterocycles. The van der Waals surface area contributed by atoms with Gasteiger partial charge in [-0.15, -0.1) is 0 Å². The predicted molar refractivity (Wildman–Crippen MR) is 185 cm³/mol. The van der Waals surface area contributed by atoms with Gasteiger partial charge < -0.3 is 0 Å². The molecule has 7 aromatic rings. The van der Waals surface area contributed by atoms with E-state index in [1.54, 1.807) is 0 Å². The first-order valence-corrected chi connectivity index (χ1v) is 15.3. The van der Waals surface area contributed by atoms with Crippen molar-refractivity contribution in [3.05, 3.63) is 119 Å². The maximum atomic E-state index is 2.45. The smallest absolute Gasteiger partial charge is 0.00233 e. The molecule has 0 heteroatoms. The average molecular weight is 545 g/mol. The number of aryl methyl sites for hydroxylation is 2. The summed E-state index contributed by atoms with van der Waals surface area (Å²) < 4.78 is 0. The Balaban J connectivity index is 1.56. The average Bonchev–Trinajstić information content (AvgIpc) is 2.96. The van der Waals surface area contributed by atoms with Crippen LogP contribution in [0.2, 0.25) is 0 Å². The minimum atomic E-state index is 0.137. The van der Waals surface area contributed by atoms with Gasteiger partial charge in [0.15, 0.2) is 0 Å². The first-order chi connectivity index (χ1) is 19.9. The van der Waals surface area contributed by atoms with Gasteiger partial charge in [-0.3, -0.25) is 0 Å². The zero-order valence-electron chi connectivity index (χ0n) is 26.2. The van der Waals surface area contributed by atoms with E-state index in [0.717, 1.165) is 0 Å². The summed E-state index contributed by atoms with van der Waals surface area (Å²) in [6.07, 6.45) is 0. The number of hydrogen-bond donors (Lipinski definition) is 0. The Hall–Kier alpha value is -4.16. The van der Waals surface area contributed by atoms with E-state index in [2.05, 4.69) is 152 Å². The standard InChI is InChI=1S/C42H40/c1-25-9-19-33-34-20-10-26(2)36-22-30(28-13-17-32(18-14-28)42(6,7)8)24-38(40(34)36)37-23-29(21-35(25)39(33)37)27-11-15-31(16-12-27)41(3,4)5/h9-24H,1-8H3. The second-order valence-corrected chi connectivity index (χ2v) is 14.4. The van der Waals surface area contributed by atoms with Crippen LogP contribution in [0.3, 0.4) is 0 Å². The Morgan fingerprint density at radius 2 is 0.667 bits per heavy atom. The molecule has 0 N–H and O–H groups in total. The fourth-order valence-corrected chi connectivity index (χ4v) is 6.78. The fourth-order valence-electron chi connectivity index (χ4n) is 6.78. The highest BCUT2D eigenvalue weighted by molar-refractivity contribution is 6.34. The van der Waals surface area contributed by atoms with Crippen LogP contribution in [-0.4, -0.2) is 0 Å². The number of benzene rings is 7. The Bertz CT molecular complexity index is 1970. The molecule has 0 saturated carbocycles. The van der Waals surface area contributed by atoms with Crippen LogP contribution < -0.4 is 0 Å². The van der Waals surface area contributed by atoms with E-state index in [1.165, 1.54) is 87.6 Å². The molecule has 0 radical (unpaired) electrons. The summed E-state index contributed by atoms with van der Waals surface area (Å²) in [5.41, 5.74) is 10.7. The van der Waals surface area contributed by atoms with Crippen LogP contribution in [0.15, 0.2) is 97.1 Å². The molecule has 0 heterocycles. The first-order valence-electron chi connectivity index (χ1n) is 15.3. The molecule has 0 aliphatic rings. The van der Waals surface area contributed by atoms with Gasteiger partial charge in [0, 0.05) is 0 Å². The third kappa shape index (κ3) is 4.19. The maximum absolute atomic E-state index is 2.45.